The number of aliphatic hydroxyl groups is 1. The van der Waals surface area contributed by atoms with Crippen LogP contribution in [0.5, 0.6) is 0 Å². The second kappa shape index (κ2) is 10.4. The number of thioether (sulfide) groups is 1. The van der Waals surface area contributed by atoms with Crippen molar-refractivity contribution in [2.45, 2.75) is 31.1 Å². The number of nitrogens with two attached hydrogens (primary N) is 1. The molecule has 0 aromatic heterocycles. The Balaban J connectivity index is 3.19. The van der Waals surface area contributed by atoms with Crippen LogP contribution >= 0.6 is 11.8 Å². The molecule has 0 saturated carbocycles. The second-order valence-corrected chi connectivity index (χ2v) is 7.73. The summed E-state index contributed by atoms with van der Waals surface area (Å²) in [5.41, 5.74) is 6.20. The van der Waals surface area contributed by atoms with Gasteiger partial charge in [0, 0.05) is 19.4 Å². The Labute approximate surface area is 153 Å². The molecule has 0 radical (unpaired) electrons. The number of nitrogens with one attached hydrogen (secondary N) is 1. The van der Waals surface area contributed by atoms with Gasteiger partial charge in [-0.1, -0.05) is 44.2 Å². The molecule has 0 bridgehead atoms. The zero-order valence-electron chi connectivity index (χ0n) is 15.0. The molecule has 140 valence electrons. The number of carbonyl (C=O) groups excluding carboxylic acids is 2. The summed E-state index contributed by atoms with van der Waals surface area (Å²) < 4.78 is 3.65. The van der Waals surface area contributed by atoms with Crippen molar-refractivity contribution in [3.63, 3.8) is 0 Å². The van der Waals surface area contributed by atoms with Crippen LogP contribution < -0.4 is 11.1 Å². The van der Waals surface area contributed by atoms with Crippen LogP contribution in [-0.2, 0) is 20.7 Å². The van der Waals surface area contributed by atoms with E-state index in [1.165, 1.54) is 11.8 Å². The Morgan fingerprint density at radius 1 is 1.32 bits per heavy atom. The smallest absolute Gasteiger partial charge is 0.248 e. The van der Waals surface area contributed by atoms with Crippen molar-refractivity contribution in [1.82, 2.24) is 5.32 Å². The van der Waals surface area contributed by atoms with Gasteiger partial charge in [-0.05, 0) is 17.9 Å². The molecule has 1 aromatic rings. The maximum absolute atomic E-state index is 13.0. The average Bonchev–Trinajstić information content (AvgIpc) is 2.59. The molecule has 25 heavy (non-hydrogen) atoms. The molecule has 0 saturated heterocycles. The van der Waals surface area contributed by atoms with Crippen molar-refractivity contribution < 1.29 is 19.4 Å². The van der Waals surface area contributed by atoms with Gasteiger partial charge in [0.15, 0.2) is 6.10 Å². The van der Waals surface area contributed by atoms with Crippen LogP contribution in [0.15, 0.2) is 30.3 Å². The lowest BCUT2D eigenvalue weighted by molar-refractivity contribution is -0.135. The molecule has 6 nitrogen and oxygen atoms in total. The summed E-state index contributed by atoms with van der Waals surface area (Å²) in [5, 5.41) is 13.4. The lowest BCUT2D eigenvalue weighted by Crippen LogP contribution is -2.59. The zero-order valence-corrected chi connectivity index (χ0v) is 15.8. The number of primary amides is 1. The molecular formula is C18H28N2O4S. The topological polar surface area (TPSA) is 102 Å². The van der Waals surface area contributed by atoms with E-state index in [1.807, 2.05) is 44.2 Å². The number of benzene rings is 1. The highest BCUT2D eigenvalue weighted by Crippen LogP contribution is 2.34. The van der Waals surface area contributed by atoms with Crippen LogP contribution in [0, 0.1) is 5.92 Å². The normalized spacial score (nSPS) is 14.8. The van der Waals surface area contributed by atoms with Gasteiger partial charge in [0.05, 0.1) is 6.61 Å². The van der Waals surface area contributed by atoms with E-state index in [0.717, 1.165) is 5.56 Å². The average molecular weight is 368 g/mol. The fraction of sp³-hybridized carbons (Fsp3) is 0.556. The first-order valence-corrected chi connectivity index (χ1v) is 9.24. The summed E-state index contributed by atoms with van der Waals surface area (Å²) in [6.07, 6.45) is -1.42. The van der Waals surface area contributed by atoms with Crippen molar-refractivity contribution in [2.24, 2.45) is 11.7 Å². The van der Waals surface area contributed by atoms with Gasteiger partial charge < -0.3 is 20.9 Å². The Hall–Kier alpha value is -1.57. The lowest BCUT2D eigenvalue weighted by Gasteiger charge is -2.35. The van der Waals surface area contributed by atoms with Gasteiger partial charge in [0.2, 0.25) is 11.8 Å². The Kier molecular flexibility index (Phi) is 8.96. The summed E-state index contributed by atoms with van der Waals surface area (Å²) in [5.74, 6) is -0.617. The van der Waals surface area contributed by atoms with Gasteiger partial charge in [-0.2, -0.15) is 0 Å². The maximum Gasteiger partial charge on any atom is 0.248 e. The number of rotatable bonds is 11. The number of methoxy groups -OCH3 is 1. The van der Waals surface area contributed by atoms with E-state index in [0.29, 0.717) is 18.9 Å². The predicted molar refractivity (Wildman–Crippen MR) is 100 cm³/mol. The van der Waals surface area contributed by atoms with E-state index >= 15 is 0 Å². The van der Waals surface area contributed by atoms with Crippen LogP contribution in [0.4, 0.5) is 0 Å². The van der Waals surface area contributed by atoms with Crippen LogP contribution in [0.1, 0.15) is 19.4 Å². The van der Waals surface area contributed by atoms with Crippen molar-refractivity contribution in [1.29, 1.82) is 0 Å². The molecule has 1 rings (SSSR count). The van der Waals surface area contributed by atoms with Crippen molar-refractivity contribution in [3.8, 4) is 0 Å². The molecule has 7 heteroatoms. The van der Waals surface area contributed by atoms with Gasteiger partial charge >= 0.3 is 0 Å². The Morgan fingerprint density at radius 3 is 2.48 bits per heavy atom. The monoisotopic (exact) mass is 368 g/mol. The van der Waals surface area contributed by atoms with E-state index in [9.17, 15) is 14.7 Å². The van der Waals surface area contributed by atoms with Gasteiger partial charge in [-0.15, -0.1) is 11.8 Å². The summed E-state index contributed by atoms with van der Waals surface area (Å²) in [6.45, 7) is 4.79. The Morgan fingerprint density at radius 2 is 1.96 bits per heavy atom. The van der Waals surface area contributed by atoms with Gasteiger partial charge in [0.1, 0.15) is 4.75 Å². The van der Waals surface area contributed by atoms with Gasteiger partial charge in [-0.3, -0.25) is 9.59 Å². The van der Waals surface area contributed by atoms with E-state index in [-0.39, 0.29) is 12.3 Å². The van der Waals surface area contributed by atoms with Gasteiger partial charge in [-0.25, -0.2) is 0 Å². The molecule has 2 unspecified atom stereocenters. The van der Waals surface area contributed by atoms with Crippen LogP contribution in [-0.4, -0.2) is 53.8 Å². The van der Waals surface area contributed by atoms with E-state index in [4.69, 9.17) is 10.5 Å². The summed E-state index contributed by atoms with van der Waals surface area (Å²) in [7, 11) is 1.56. The fourth-order valence-corrected chi connectivity index (χ4v) is 3.74. The van der Waals surface area contributed by atoms with Crippen molar-refractivity contribution in [3.05, 3.63) is 35.9 Å². The zero-order chi connectivity index (χ0) is 18.9. The second-order valence-electron chi connectivity index (χ2n) is 6.30. The van der Waals surface area contributed by atoms with Crippen LogP contribution in [0.2, 0.25) is 0 Å². The molecule has 4 N–H and O–H groups in total. The molecular weight excluding hydrogens is 340 g/mol. The molecule has 0 spiro atoms. The van der Waals surface area contributed by atoms with Crippen LogP contribution in [0.25, 0.3) is 0 Å². The summed E-state index contributed by atoms with van der Waals surface area (Å²) in [6, 6.07) is 9.28. The number of carbonyl (C=O) groups is 2. The SMILES string of the molecule is COCCSC(Cc1ccccc1)(C(=O)NCC(C)C)C(O)C(N)=O. The molecule has 0 aliphatic heterocycles. The number of amides is 2. The number of hydrogen-bond donors (Lipinski definition) is 3. The molecule has 0 aliphatic carbocycles. The highest BCUT2D eigenvalue weighted by molar-refractivity contribution is 8.01. The third-order valence-corrected chi connectivity index (χ3v) is 5.16. The third-order valence-electron chi connectivity index (χ3n) is 3.72. The fourth-order valence-electron chi connectivity index (χ4n) is 2.38. The molecule has 0 heterocycles. The minimum atomic E-state index is -1.61. The first-order valence-electron chi connectivity index (χ1n) is 8.26. The van der Waals surface area contributed by atoms with E-state index in [2.05, 4.69) is 5.32 Å². The van der Waals surface area contributed by atoms with Crippen LogP contribution in [0.3, 0.4) is 0 Å². The molecule has 0 aliphatic rings. The third kappa shape index (κ3) is 6.34. The number of ether oxygens (including phenoxy) is 1. The summed E-state index contributed by atoms with van der Waals surface area (Å²) >= 11 is 1.20. The minimum Gasteiger partial charge on any atom is -0.384 e. The minimum absolute atomic E-state index is 0.191. The lowest BCUT2D eigenvalue weighted by atomic mass is 9.91. The molecule has 2 amide bonds. The highest BCUT2D eigenvalue weighted by Gasteiger charge is 2.48. The van der Waals surface area contributed by atoms with Crippen molar-refractivity contribution >= 4 is 23.6 Å². The maximum atomic E-state index is 13.0. The standard InChI is InChI=1S/C18H28N2O4S/c1-13(2)12-20-17(23)18(15(21)16(19)22,25-10-9-24-3)11-14-7-5-4-6-8-14/h4-8,13,15,21H,9-12H2,1-3H3,(H2,19,22)(H,20,23). The molecule has 2 atom stereocenters. The summed E-state index contributed by atoms with van der Waals surface area (Å²) in [4.78, 5) is 24.7. The number of hydrogen-bond acceptors (Lipinski definition) is 5. The largest absolute Gasteiger partial charge is 0.384 e. The van der Waals surface area contributed by atoms with Crippen molar-refractivity contribution in [2.75, 3.05) is 26.0 Å². The first kappa shape index (κ1) is 21.5. The first-order chi connectivity index (χ1) is 11.8. The van der Waals surface area contributed by atoms with E-state index < -0.39 is 22.7 Å². The predicted octanol–water partition coefficient (Wildman–Crippen LogP) is 0.966. The van der Waals surface area contributed by atoms with Gasteiger partial charge in [0.25, 0.3) is 0 Å². The van der Waals surface area contributed by atoms with E-state index in [1.54, 1.807) is 7.11 Å². The highest BCUT2D eigenvalue weighted by atomic mass is 32.2. The molecule has 0 fully saturated rings. The quantitative estimate of drug-likeness (QED) is 0.505. The number of aliphatic hydroxyl groups excluding tert-OH is 1. The molecule has 1 aromatic carbocycles. The Bertz CT molecular complexity index is 553.